The molecule has 0 bridgehead atoms. The third-order valence-electron chi connectivity index (χ3n) is 4.33. The lowest BCUT2D eigenvalue weighted by atomic mass is 10.2. The molecule has 5 heteroatoms. The molecule has 4 rings (SSSR count). The zero-order valence-corrected chi connectivity index (χ0v) is 13.5. The second-order valence-corrected chi connectivity index (χ2v) is 6.24. The zero-order chi connectivity index (χ0) is 16.5. The molecule has 2 heterocycles. The second kappa shape index (κ2) is 6.07. The van der Waals surface area contributed by atoms with Crippen LogP contribution in [-0.4, -0.2) is 19.1 Å². The van der Waals surface area contributed by atoms with Gasteiger partial charge in [0.1, 0.15) is 24.7 Å². The smallest absolute Gasteiger partial charge is 0.248 e. The van der Waals surface area contributed by atoms with E-state index in [1.807, 2.05) is 12.1 Å². The van der Waals surface area contributed by atoms with Crippen molar-refractivity contribution in [2.75, 3.05) is 18.5 Å². The van der Waals surface area contributed by atoms with Gasteiger partial charge in [-0.1, -0.05) is 6.92 Å². The van der Waals surface area contributed by atoms with Gasteiger partial charge < -0.3 is 19.2 Å². The number of carbonyl (C=O) groups excluding carboxylic acids is 1. The second-order valence-electron chi connectivity index (χ2n) is 6.24. The highest BCUT2D eigenvalue weighted by Gasteiger charge is 2.36. The van der Waals surface area contributed by atoms with Crippen molar-refractivity contribution in [3.05, 3.63) is 47.9 Å². The van der Waals surface area contributed by atoms with E-state index in [0.717, 1.165) is 5.76 Å². The molecule has 0 saturated heterocycles. The largest absolute Gasteiger partial charge is 0.486 e. The van der Waals surface area contributed by atoms with Crippen LogP contribution in [0.2, 0.25) is 0 Å². The van der Waals surface area contributed by atoms with Gasteiger partial charge in [-0.2, -0.15) is 0 Å². The average Bonchev–Trinajstić information content (AvgIpc) is 3.14. The maximum absolute atomic E-state index is 12.0. The van der Waals surface area contributed by atoms with Gasteiger partial charge in [-0.3, -0.25) is 4.79 Å². The van der Waals surface area contributed by atoms with Crippen LogP contribution in [0.15, 0.2) is 40.8 Å². The van der Waals surface area contributed by atoms with Crippen molar-refractivity contribution in [2.24, 2.45) is 5.92 Å². The zero-order valence-electron chi connectivity index (χ0n) is 13.5. The van der Waals surface area contributed by atoms with Gasteiger partial charge in [-0.05, 0) is 42.7 Å². The maximum atomic E-state index is 12.0. The molecule has 1 fully saturated rings. The van der Waals surface area contributed by atoms with Crippen LogP contribution in [0, 0.1) is 5.92 Å². The average molecular weight is 325 g/mol. The van der Waals surface area contributed by atoms with Crippen molar-refractivity contribution < 1.29 is 18.7 Å². The minimum atomic E-state index is -0.218. The Balaban J connectivity index is 1.38. The third kappa shape index (κ3) is 3.15. The van der Waals surface area contributed by atoms with Crippen LogP contribution < -0.4 is 14.8 Å². The van der Waals surface area contributed by atoms with Gasteiger partial charge in [0.05, 0.1) is 0 Å². The van der Waals surface area contributed by atoms with Gasteiger partial charge in [-0.15, -0.1) is 0 Å². The van der Waals surface area contributed by atoms with E-state index in [-0.39, 0.29) is 5.91 Å². The van der Waals surface area contributed by atoms with Crippen LogP contribution in [0.1, 0.15) is 30.8 Å². The van der Waals surface area contributed by atoms with Crippen LogP contribution in [-0.2, 0) is 4.79 Å². The lowest BCUT2D eigenvalue weighted by molar-refractivity contribution is -0.111. The molecule has 1 aliphatic heterocycles. The molecular weight excluding hydrogens is 306 g/mol. The number of nitrogens with one attached hydrogen (secondary N) is 1. The highest BCUT2D eigenvalue weighted by Crippen LogP contribution is 2.47. The number of carbonyl (C=O) groups is 1. The number of anilines is 1. The maximum Gasteiger partial charge on any atom is 0.248 e. The Kier molecular flexibility index (Phi) is 3.76. The molecule has 1 saturated carbocycles. The van der Waals surface area contributed by atoms with E-state index in [4.69, 9.17) is 13.9 Å². The summed E-state index contributed by atoms with van der Waals surface area (Å²) in [5.74, 6) is 4.08. The summed E-state index contributed by atoms with van der Waals surface area (Å²) in [6.45, 7) is 3.28. The summed E-state index contributed by atoms with van der Waals surface area (Å²) in [4.78, 5) is 12.0. The van der Waals surface area contributed by atoms with E-state index in [1.54, 1.807) is 24.3 Å². The molecule has 124 valence electrons. The lowest BCUT2D eigenvalue weighted by Crippen LogP contribution is -2.16. The molecule has 0 spiro atoms. The van der Waals surface area contributed by atoms with Crippen LogP contribution >= 0.6 is 0 Å². The monoisotopic (exact) mass is 325 g/mol. The summed E-state index contributed by atoms with van der Waals surface area (Å²) in [7, 11) is 0. The Morgan fingerprint density at radius 3 is 2.75 bits per heavy atom. The predicted molar refractivity (Wildman–Crippen MR) is 90.3 cm³/mol. The van der Waals surface area contributed by atoms with E-state index in [2.05, 4.69) is 12.2 Å². The molecule has 1 aromatic heterocycles. The molecule has 0 radical (unpaired) electrons. The topological polar surface area (TPSA) is 60.7 Å². The number of hydrogen-bond donors (Lipinski definition) is 1. The van der Waals surface area contributed by atoms with Gasteiger partial charge >= 0.3 is 0 Å². The number of rotatable bonds is 4. The molecule has 5 nitrogen and oxygen atoms in total. The Morgan fingerprint density at radius 1 is 1.17 bits per heavy atom. The lowest BCUT2D eigenvalue weighted by Gasteiger charge is -2.18. The fourth-order valence-electron chi connectivity index (χ4n) is 2.84. The Morgan fingerprint density at radius 2 is 1.96 bits per heavy atom. The highest BCUT2D eigenvalue weighted by atomic mass is 16.6. The number of furan rings is 1. The molecule has 2 atom stereocenters. The van der Waals surface area contributed by atoms with Gasteiger partial charge in [0.15, 0.2) is 11.5 Å². The molecule has 24 heavy (non-hydrogen) atoms. The van der Waals surface area contributed by atoms with E-state index in [0.29, 0.717) is 48.0 Å². The van der Waals surface area contributed by atoms with Crippen LogP contribution in [0.4, 0.5) is 5.69 Å². The molecule has 2 aliphatic rings. The number of amides is 1. The first-order valence-electron chi connectivity index (χ1n) is 8.17. The van der Waals surface area contributed by atoms with Crippen molar-refractivity contribution >= 4 is 17.7 Å². The van der Waals surface area contributed by atoms with Crippen LogP contribution in [0.25, 0.3) is 6.08 Å². The minimum Gasteiger partial charge on any atom is -0.486 e. The number of hydrogen-bond acceptors (Lipinski definition) is 4. The normalized spacial score (nSPS) is 21.7. The number of benzene rings is 1. The Bertz CT molecular complexity index is 792. The summed E-state index contributed by atoms with van der Waals surface area (Å²) in [5.41, 5.74) is 0.667. The minimum absolute atomic E-state index is 0.218. The SMILES string of the molecule is CC1CC1c1ccc(/C=C/C(=O)Nc2ccc3c(c2)OCCO3)o1. The molecule has 1 N–H and O–H groups in total. The Labute approximate surface area is 140 Å². The van der Waals surface area contributed by atoms with Crippen molar-refractivity contribution in [3.8, 4) is 11.5 Å². The summed E-state index contributed by atoms with van der Waals surface area (Å²) >= 11 is 0. The van der Waals surface area contributed by atoms with E-state index < -0.39 is 0 Å². The first kappa shape index (κ1) is 14.9. The molecule has 1 aromatic carbocycles. The molecule has 2 aromatic rings. The quantitative estimate of drug-likeness (QED) is 0.868. The Hall–Kier alpha value is -2.69. The molecule has 2 unspecified atom stereocenters. The van der Waals surface area contributed by atoms with Crippen LogP contribution in [0.5, 0.6) is 11.5 Å². The highest BCUT2D eigenvalue weighted by molar-refractivity contribution is 6.01. The van der Waals surface area contributed by atoms with Crippen molar-refractivity contribution in [3.63, 3.8) is 0 Å². The van der Waals surface area contributed by atoms with Gasteiger partial charge in [0, 0.05) is 23.7 Å². The van der Waals surface area contributed by atoms with Gasteiger partial charge in [-0.25, -0.2) is 0 Å². The molecule has 1 amide bonds. The van der Waals surface area contributed by atoms with Crippen LogP contribution in [0.3, 0.4) is 0 Å². The van der Waals surface area contributed by atoms with E-state index in [1.165, 1.54) is 12.5 Å². The number of fused-ring (bicyclic) bond motifs is 1. The summed E-state index contributed by atoms with van der Waals surface area (Å²) in [6, 6.07) is 9.24. The standard InChI is InChI=1S/C19H19NO4/c1-12-10-15(12)16-6-3-14(24-16)4-7-19(21)20-13-2-5-17-18(11-13)23-9-8-22-17/h2-7,11-12,15H,8-10H2,1H3,(H,20,21)/b7-4+. The molecular formula is C19H19NO4. The van der Waals surface area contributed by atoms with Crippen molar-refractivity contribution in [1.82, 2.24) is 0 Å². The van der Waals surface area contributed by atoms with E-state index >= 15 is 0 Å². The van der Waals surface area contributed by atoms with Crippen molar-refractivity contribution in [1.29, 1.82) is 0 Å². The van der Waals surface area contributed by atoms with Gasteiger partial charge in [0.2, 0.25) is 5.91 Å². The summed E-state index contributed by atoms with van der Waals surface area (Å²) in [5, 5.41) is 2.81. The third-order valence-corrected chi connectivity index (χ3v) is 4.33. The van der Waals surface area contributed by atoms with Crippen molar-refractivity contribution in [2.45, 2.75) is 19.3 Å². The fourth-order valence-corrected chi connectivity index (χ4v) is 2.84. The predicted octanol–water partition coefficient (Wildman–Crippen LogP) is 3.83. The first-order chi connectivity index (χ1) is 11.7. The first-order valence-corrected chi connectivity index (χ1v) is 8.17. The number of ether oxygens (including phenoxy) is 2. The van der Waals surface area contributed by atoms with Gasteiger partial charge in [0.25, 0.3) is 0 Å². The fraction of sp³-hybridized carbons (Fsp3) is 0.316. The molecule has 1 aliphatic carbocycles. The summed E-state index contributed by atoms with van der Waals surface area (Å²) in [6.07, 6.45) is 4.33. The van der Waals surface area contributed by atoms with E-state index in [9.17, 15) is 4.79 Å². The summed E-state index contributed by atoms with van der Waals surface area (Å²) < 4.78 is 16.7.